The van der Waals surface area contributed by atoms with Crippen molar-refractivity contribution in [3.63, 3.8) is 0 Å². The lowest BCUT2D eigenvalue weighted by molar-refractivity contribution is -0.0827. The fourth-order valence-corrected chi connectivity index (χ4v) is 1.65. The van der Waals surface area contributed by atoms with Crippen molar-refractivity contribution in [2.45, 2.75) is 5.44 Å². The Bertz CT molecular complexity index is 129. The van der Waals surface area contributed by atoms with Gasteiger partial charge in [0, 0.05) is 10.8 Å². The van der Waals surface area contributed by atoms with E-state index >= 15 is 0 Å². The first-order chi connectivity index (χ1) is 4.48. The molecule has 0 aliphatic rings. The highest BCUT2D eigenvalue weighted by Crippen LogP contribution is 2.38. The molecule has 10 heavy (non-hydrogen) atoms. The van der Waals surface area contributed by atoms with Crippen LogP contribution in [0.25, 0.3) is 0 Å². The van der Waals surface area contributed by atoms with Crippen LogP contribution >= 0.6 is 21.6 Å². The summed E-state index contributed by atoms with van der Waals surface area (Å²) in [5.41, 5.74) is -3.66. The third kappa shape index (κ3) is 5.42. The highest BCUT2D eigenvalue weighted by molar-refractivity contribution is 8.76. The maximum atomic E-state index is 12.0. The molecular weight excluding hydrogens is 206 g/mol. The first-order valence-electron chi connectivity index (χ1n) is 1.86. The second-order valence-corrected chi connectivity index (χ2v) is 4.05. The Morgan fingerprint density at radius 3 is 2.50 bits per heavy atom. The van der Waals surface area contributed by atoms with E-state index in [2.05, 4.69) is 4.18 Å². The minimum absolute atomic E-state index is 0.0300. The zero-order valence-electron chi connectivity index (χ0n) is 4.71. The minimum Gasteiger partial charge on any atom is -0.750 e. The number of alkyl halides is 2. The average molecular weight is 209 g/mol. The van der Waals surface area contributed by atoms with Gasteiger partial charge in [-0.25, -0.2) is 8.39 Å². The van der Waals surface area contributed by atoms with Gasteiger partial charge in [0.05, 0.1) is 11.4 Å². The van der Waals surface area contributed by atoms with E-state index in [-0.39, 0.29) is 10.8 Å². The zero-order valence-corrected chi connectivity index (χ0v) is 7.15. The van der Waals surface area contributed by atoms with Crippen molar-refractivity contribution in [3.05, 3.63) is 0 Å². The summed E-state index contributed by atoms with van der Waals surface area (Å²) in [6.45, 7) is 0. The Kier molecular flexibility index (Phi) is 4.78. The predicted octanol–water partition coefficient (Wildman–Crippen LogP) is 1.36. The molecular formula is C2H3F2O3S3-. The number of hydrogen-bond acceptors (Lipinski definition) is 5. The van der Waals surface area contributed by atoms with Crippen LogP contribution in [0.2, 0.25) is 0 Å². The summed E-state index contributed by atoms with van der Waals surface area (Å²) in [6.07, 6.45) is 1.38. The molecule has 0 aromatic carbocycles. The van der Waals surface area contributed by atoms with Crippen molar-refractivity contribution in [1.29, 1.82) is 0 Å². The molecule has 0 aromatic rings. The lowest BCUT2D eigenvalue weighted by Crippen LogP contribution is -2.15. The normalized spacial score (nSPS) is 15.2. The molecule has 0 spiro atoms. The van der Waals surface area contributed by atoms with Crippen LogP contribution in [0.3, 0.4) is 0 Å². The van der Waals surface area contributed by atoms with Crippen molar-refractivity contribution in [2.75, 3.05) is 6.26 Å². The number of hydrogen-bond donors (Lipinski definition) is 0. The van der Waals surface area contributed by atoms with Crippen LogP contribution in [0.1, 0.15) is 0 Å². The third-order valence-corrected chi connectivity index (χ3v) is 2.32. The maximum Gasteiger partial charge on any atom is 0.429 e. The van der Waals surface area contributed by atoms with Crippen LogP contribution in [0.15, 0.2) is 0 Å². The predicted molar refractivity (Wildman–Crippen MR) is 36.1 cm³/mol. The second-order valence-electron chi connectivity index (χ2n) is 1.00. The molecule has 0 aliphatic heterocycles. The topological polar surface area (TPSA) is 49.4 Å². The minimum atomic E-state index is -3.66. The molecule has 0 heterocycles. The maximum absolute atomic E-state index is 12.0. The fourth-order valence-electron chi connectivity index (χ4n) is 0.190. The van der Waals surface area contributed by atoms with Crippen molar-refractivity contribution in [2.24, 2.45) is 0 Å². The molecule has 8 heteroatoms. The van der Waals surface area contributed by atoms with E-state index in [1.54, 1.807) is 0 Å². The van der Waals surface area contributed by atoms with Crippen molar-refractivity contribution < 1.29 is 21.7 Å². The summed E-state index contributed by atoms with van der Waals surface area (Å²) < 4.78 is 46.3. The number of rotatable bonds is 4. The molecule has 62 valence electrons. The lowest BCUT2D eigenvalue weighted by Gasteiger charge is -2.14. The molecule has 1 atom stereocenters. The van der Waals surface area contributed by atoms with E-state index in [1.807, 2.05) is 0 Å². The monoisotopic (exact) mass is 209 g/mol. The van der Waals surface area contributed by atoms with Gasteiger partial charge in [-0.1, -0.05) is 10.8 Å². The SMILES string of the molecule is CSSC(F)(F)OS(=O)[O-]. The molecule has 0 aromatic heterocycles. The Balaban J connectivity index is 3.74. The molecule has 0 amide bonds. The molecule has 3 nitrogen and oxygen atoms in total. The molecule has 0 bridgehead atoms. The summed E-state index contributed by atoms with van der Waals surface area (Å²) in [7, 11) is 0.749. The third-order valence-electron chi connectivity index (χ3n) is 0.345. The summed E-state index contributed by atoms with van der Waals surface area (Å²) in [6, 6.07) is 0. The van der Waals surface area contributed by atoms with Gasteiger partial charge in [0.15, 0.2) is 0 Å². The first-order valence-corrected chi connectivity index (χ1v) is 5.42. The molecule has 0 saturated heterocycles. The standard InChI is InChI=1S/C2H4F2O3S3/c1-8-9-2(3,4)7-10(5)6/h1H3,(H,5,6)/p-1. The van der Waals surface area contributed by atoms with Crippen molar-refractivity contribution in [3.8, 4) is 0 Å². The summed E-state index contributed by atoms with van der Waals surface area (Å²) >= 11 is -3.17. The van der Waals surface area contributed by atoms with Gasteiger partial charge < -0.3 is 4.55 Å². The Morgan fingerprint density at radius 1 is 1.70 bits per heavy atom. The molecule has 0 N–H and O–H groups in total. The highest BCUT2D eigenvalue weighted by Gasteiger charge is 2.31. The Morgan fingerprint density at radius 2 is 2.20 bits per heavy atom. The van der Waals surface area contributed by atoms with E-state index in [0.29, 0.717) is 0 Å². The molecule has 1 unspecified atom stereocenters. The van der Waals surface area contributed by atoms with Gasteiger partial charge in [0.25, 0.3) is 0 Å². The Labute approximate surface area is 66.8 Å². The van der Waals surface area contributed by atoms with Gasteiger partial charge in [-0.2, -0.15) is 8.78 Å². The molecule has 0 saturated carbocycles. The van der Waals surface area contributed by atoms with E-state index in [0.717, 1.165) is 10.8 Å². The van der Waals surface area contributed by atoms with E-state index < -0.39 is 16.8 Å². The molecule has 0 fully saturated rings. The van der Waals surface area contributed by atoms with E-state index in [4.69, 9.17) is 0 Å². The Hall–Kier alpha value is 0.630. The van der Waals surface area contributed by atoms with E-state index in [1.165, 1.54) is 6.26 Å². The molecule has 0 radical (unpaired) electrons. The lowest BCUT2D eigenvalue weighted by atomic mass is 11.5. The van der Waals surface area contributed by atoms with Gasteiger partial charge in [0.2, 0.25) is 0 Å². The van der Waals surface area contributed by atoms with E-state index in [9.17, 15) is 17.5 Å². The highest BCUT2D eigenvalue weighted by atomic mass is 33.1. The van der Waals surface area contributed by atoms with Crippen LogP contribution < -0.4 is 0 Å². The van der Waals surface area contributed by atoms with Crippen LogP contribution in [0.4, 0.5) is 8.78 Å². The molecule has 0 rings (SSSR count). The first kappa shape index (κ1) is 10.6. The quantitative estimate of drug-likeness (QED) is 0.397. The van der Waals surface area contributed by atoms with Crippen molar-refractivity contribution >= 4 is 32.9 Å². The fraction of sp³-hybridized carbons (Fsp3) is 1.00. The van der Waals surface area contributed by atoms with Crippen LogP contribution in [0.5, 0.6) is 0 Å². The van der Waals surface area contributed by atoms with Crippen LogP contribution in [-0.2, 0) is 15.5 Å². The van der Waals surface area contributed by atoms with Gasteiger partial charge in [-0.15, -0.1) is 0 Å². The largest absolute Gasteiger partial charge is 0.750 e. The van der Waals surface area contributed by atoms with Gasteiger partial charge >= 0.3 is 5.44 Å². The summed E-state index contributed by atoms with van der Waals surface area (Å²) in [5, 5.41) is 0. The molecule has 0 aliphatic carbocycles. The zero-order chi connectivity index (χ0) is 8.20. The number of halogens is 2. The summed E-state index contributed by atoms with van der Waals surface area (Å²) in [4.78, 5) is 0. The van der Waals surface area contributed by atoms with Gasteiger partial charge in [-0.3, -0.25) is 0 Å². The van der Waals surface area contributed by atoms with Crippen molar-refractivity contribution in [1.82, 2.24) is 0 Å². The van der Waals surface area contributed by atoms with Crippen LogP contribution in [0, 0.1) is 0 Å². The average Bonchev–Trinajstić information content (AvgIpc) is 1.59. The van der Waals surface area contributed by atoms with Gasteiger partial charge in [-0.05, 0) is 6.26 Å². The van der Waals surface area contributed by atoms with Gasteiger partial charge in [0.1, 0.15) is 0 Å². The summed E-state index contributed by atoms with van der Waals surface area (Å²) in [5.74, 6) is 0. The second kappa shape index (κ2) is 4.50. The van der Waals surface area contributed by atoms with Crippen LogP contribution in [-0.4, -0.2) is 20.5 Å². The smallest absolute Gasteiger partial charge is 0.429 e.